The molecule has 0 aliphatic carbocycles. The Kier molecular flexibility index (Phi) is 9.48. The Morgan fingerprint density at radius 1 is 1.13 bits per heavy atom. The number of nitrogens with zero attached hydrogens (tertiary/aromatic N) is 6. The lowest BCUT2D eigenvalue weighted by atomic mass is 9.90. The highest BCUT2D eigenvalue weighted by Crippen LogP contribution is 2.28. The highest BCUT2D eigenvalue weighted by atomic mass is 19.4. The standard InChI is InChI=1S/C34H36F3N7O/c1-33(2,22-38)31-10-8-28(20-41-31)40-13-3-4-29-19-27-18-26(7-9-30(27)44(29)23-34(35,36)37)6-5-25-11-15-43(16-12-25)32(45)21-42-17-14-39-24-42/h7-10,14,17-20,24-25,40H,5-6,11-13,15-16,21,23H2,1-2H3. The monoisotopic (exact) mass is 615 g/mol. The number of likely N-dealkylation sites (tertiary alicyclic amines) is 1. The van der Waals surface area contributed by atoms with Gasteiger partial charge in [-0.1, -0.05) is 12.0 Å². The average molecular weight is 616 g/mol. The number of piperidine rings is 1. The number of nitriles is 1. The minimum absolute atomic E-state index is 0.0988. The summed E-state index contributed by atoms with van der Waals surface area (Å²) in [6.45, 7) is 4.44. The van der Waals surface area contributed by atoms with Gasteiger partial charge < -0.3 is 19.4 Å². The van der Waals surface area contributed by atoms with Gasteiger partial charge in [0.25, 0.3) is 0 Å². The van der Waals surface area contributed by atoms with Gasteiger partial charge in [-0.05, 0) is 87.3 Å². The van der Waals surface area contributed by atoms with Gasteiger partial charge in [0.05, 0.1) is 47.6 Å². The number of amides is 1. The number of anilines is 1. The van der Waals surface area contributed by atoms with E-state index in [1.54, 1.807) is 67.6 Å². The predicted molar refractivity (Wildman–Crippen MR) is 166 cm³/mol. The fourth-order valence-corrected chi connectivity index (χ4v) is 5.61. The first-order chi connectivity index (χ1) is 21.5. The van der Waals surface area contributed by atoms with Crippen LogP contribution in [0.4, 0.5) is 18.9 Å². The second-order valence-electron chi connectivity index (χ2n) is 12.0. The Morgan fingerprint density at radius 2 is 1.93 bits per heavy atom. The van der Waals surface area contributed by atoms with Crippen LogP contribution in [0.1, 0.15) is 50.1 Å². The van der Waals surface area contributed by atoms with E-state index in [-0.39, 0.29) is 12.5 Å². The molecule has 1 saturated heterocycles. The third kappa shape index (κ3) is 8.24. The van der Waals surface area contributed by atoms with Crippen LogP contribution in [0.25, 0.3) is 10.9 Å². The number of imidazole rings is 1. The summed E-state index contributed by atoms with van der Waals surface area (Å²) < 4.78 is 43.6. The van der Waals surface area contributed by atoms with Crippen molar-refractivity contribution in [2.24, 2.45) is 5.92 Å². The van der Waals surface area contributed by atoms with E-state index in [0.29, 0.717) is 35.1 Å². The fraction of sp³-hybridized carbons (Fsp3) is 0.412. The Hall–Kier alpha value is -4.77. The molecule has 1 amide bonds. The SMILES string of the molecule is CC(C)(C#N)c1ccc(NCC#Cc2cc3cc(CCC4CCN(C(=O)Cn5ccnc5)CC4)ccc3n2CC(F)(F)F)cn1. The number of aryl methyl sites for hydroxylation is 1. The normalized spacial score (nSPS) is 14.2. The van der Waals surface area contributed by atoms with Gasteiger partial charge >= 0.3 is 6.18 Å². The summed E-state index contributed by atoms with van der Waals surface area (Å²) in [6, 6.07) is 13.1. The highest BCUT2D eigenvalue weighted by molar-refractivity contribution is 5.83. The van der Waals surface area contributed by atoms with Crippen molar-refractivity contribution in [1.29, 1.82) is 5.26 Å². The van der Waals surface area contributed by atoms with E-state index in [1.165, 1.54) is 4.57 Å². The zero-order chi connectivity index (χ0) is 32.0. The number of carbonyl (C=O) groups is 1. The van der Waals surface area contributed by atoms with Crippen molar-refractivity contribution < 1.29 is 18.0 Å². The predicted octanol–water partition coefficient (Wildman–Crippen LogP) is 5.93. The summed E-state index contributed by atoms with van der Waals surface area (Å²) in [7, 11) is 0. The fourth-order valence-electron chi connectivity index (χ4n) is 5.61. The second-order valence-corrected chi connectivity index (χ2v) is 12.0. The van der Waals surface area contributed by atoms with Gasteiger partial charge in [-0.3, -0.25) is 9.78 Å². The van der Waals surface area contributed by atoms with Crippen LogP contribution < -0.4 is 5.32 Å². The number of carbonyl (C=O) groups excluding carboxylic acids is 1. The quantitative estimate of drug-likeness (QED) is 0.236. The number of alkyl halides is 3. The molecule has 4 heterocycles. The van der Waals surface area contributed by atoms with Gasteiger partial charge in [0.1, 0.15) is 13.1 Å². The van der Waals surface area contributed by atoms with Crippen LogP contribution in [0.3, 0.4) is 0 Å². The number of hydrogen-bond acceptors (Lipinski definition) is 5. The molecule has 3 aromatic heterocycles. The van der Waals surface area contributed by atoms with E-state index >= 15 is 0 Å². The maximum Gasteiger partial charge on any atom is 0.406 e. The summed E-state index contributed by atoms with van der Waals surface area (Å²) in [5, 5.41) is 13.1. The lowest BCUT2D eigenvalue weighted by Crippen LogP contribution is -2.40. The molecule has 5 rings (SSSR count). The Labute approximate surface area is 260 Å². The number of hydrogen-bond donors (Lipinski definition) is 1. The molecule has 1 aliphatic rings. The summed E-state index contributed by atoms with van der Waals surface area (Å²) in [5.74, 6) is 6.45. The molecule has 1 aliphatic heterocycles. The number of fused-ring (bicyclic) bond motifs is 1. The van der Waals surface area contributed by atoms with Gasteiger partial charge in [-0.2, -0.15) is 18.4 Å². The van der Waals surface area contributed by atoms with Crippen molar-refractivity contribution >= 4 is 22.5 Å². The molecule has 1 N–H and O–H groups in total. The van der Waals surface area contributed by atoms with Gasteiger partial charge in [0.2, 0.25) is 5.91 Å². The molecule has 1 fully saturated rings. The minimum Gasteiger partial charge on any atom is -0.373 e. The van der Waals surface area contributed by atoms with Crippen LogP contribution in [0.5, 0.6) is 0 Å². The highest BCUT2D eigenvalue weighted by Gasteiger charge is 2.30. The molecule has 0 unspecified atom stereocenters. The number of benzene rings is 1. The molecule has 0 radical (unpaired) electrons. The summed E-state index contributed by atoms with van der Waals surface area (Å²) in [6.07, 6.45) is 5.96. The van der Waals surface area contributed by atoms with Crippen molar-refractivity contribution in [2.45, 2.75) is 64.2 Å². The molecule has 0 bridgehead atoms. The number of nitrogens with one attached hydrogen (secondary N) is 1. The maximum absolute atomic E-state index is 13.5. The molecule has 1 aromatic carbocycles. The first-order valence-electron chi connectivity index (χ1n) is 15.0. The molecule has 234 valence electrons. The third-order valence-electron chi connectivity index (χ3n) is 8.27. The lowest BCUT2D eigenvalue weighted by molar-refractivity contribution is -0.140. The summed E-state index contributed by atoms with van der Waals surface area (Å²) >= 11 is 0. The largest absolute Gasteiger partial charge is 0.406 e. The van der Waals surface area contributed by atoms with E-state index in [1.807, 2.05) is 17.0 Å². The van der Waals surface area contributed by atoms with Crippen molar-refractivity contribution in [1.82, 2.24) is 24.0 Å². The Balaban J connectivity index is 1.20. The Morgan fingerprint density at radius 3 is 2.60 bits per heavy atom. The van der Waals surface area contributed by atoms with Crippen molar-refractivity contribution in [3.8, 4) is 17.9 Å². The molecule has 0 atom stereocenters. The minimum atomic E-state index is -4.39. The maximum atomic E-state index is 13.5. The average Bonchev–Trinajstić information content (AvgIpc) is 3.65. The van der Waals surface area contributed by atoms with Gasteiger partial charge in [-0.25, -0.2) is 4.98 Å². The molecule has 4 aromatic rings. The molecule has 0 saturated carbocycles. The number of halogens is 3. The third-order valence-corrected chi connectivity index (χ3v) is 8.27. The van der Waals surface area contributed by atoms with E-state index in [2.05, 4.69) is 33.2 Å². The Bertz CT molecular complexity index is 1710. The topological polar surface area (TPSA) is 91.8 Å². The number of aromatic nitrogens is 4. The summed E-state index contributed by atoms with van der Waals surface area (Å²) in [5.41, 5.74) is 2.52. The van der Waals surface area contributed by atoms with E-state index in [0.717, 1.165) is 49.7 Å². The van der Waals surface area contributed by atoms with Crippen molar-refractivity contribution in [2.75, 3.05) is 25.0 Å². The van der Waals surface area contributed by atoms with Crippen LogP contribution in [0.15, 0.2) is 61.3 Å². The molecule has 0 spiro atoms. The zero-order valence-corrected chi connectivity index (χ0v) is 25.4. The van der Waals surface area contributed by atoms with Gasteiger partial charge in [0, 0.05) is 36.4 Å². The lowest BCUT2D eigenvalue weighted by Gasteiger charge is -2.32. The van der Waals surface area contributed by atoms with E-state index in [9.17, 15) is 23.2 Å². The first kappa shape index (κ1) is 31.6. The van der Waals surface area contributed by atoms with Crippen LogP contribution in [0.2, 0.25) is 0 Å². The smallest absolute Gasteiger partial charge is 0.373 e. The van der Waals surface area contributed by atoms with E-state index in [4.69, 9.17) is 0 Å². The van der Waals surface area contributed by atoms with Crippen LogP contribution >= 0.6 is 0 Å². The molecule has 45 heavy (non-hydrogen) atoms. The van der Waals surface area contributed by atoms with E-state index < -0.39 is 18.1 Å². The van der Waals surface area contributed by atoms with Gasteiger partial charge in [-0.15, -0.1) is 0 Å². The molecular formula is C34H36F3N7O. The number of pyridine rings is 1. The van der Waals surface area contributed by atoms with Crippen molar-refractivity contribution in [3.05, 3.63) is 78.3 Å². The second kappa shape index (κ2) is 13.5. The molecule has 11 heteroatoms. The van der Waals surface area contributed by atoms with Crippen LogP contribution in [0, 0.1) is 29.1 Å². The first-order valence-corrected chi connectivity index (χ1v) is 15.0. The van der Waals surface area contributed by atoms with Gasteiger partial charge in [0.15, 0.2) is 0 Å². The summed E-state index contributed by atoms with van der Waals surface area (Å²) in [4.78, 5) is 22.8. The molecular weight excluding hydrogens is 579 g/mol. The van der Waals surface area contributed by atoms with Crippen molar-refractivity contribution in [3.63, 3.8) is 0 Å². The molecule has 8 nitrogen and oxygen atoms in total. The number of rotatable bonds is 9. The van der Waals surface area contributed by atoms with Crippen LogP contribution in [-0.4, -0.2) is 55.7 Å². The van der Waals surface area contributed by atoms with Crippen LogP contribution in [-0.2, 0) is 29.7 Å². The zero-order valence-electron chi connectivity index (χ0n) is 25.4.